The lowest BCUT2D eigenvalue weighted by Crippen LogP contribution is -2.42. The molecule has 0 aliphatic carbocycles. The Morgan fingerprint density at radius 1 is 1.00 bits per heavy atom. The Labute approximate surface area is 120 Å². The van der Waals surface area contributed by atoms with E-state index in [1.807, 2.05) is 20.8 Å². The van der Waals surface area contributed by atoms with Crippen LogP contribution in [-0.2, 0) is 14.3 Å². The van der Waals surface area contributed by atoms with Crippen molar-refractivity contribution in [3.63, 3.8) is 0 Å². The maximum absolute atomic E-state index is 12.3. The van der Waals surface area contributed by atoms with Crippen molar-refractivity contribution < 1.29 is 14.3 Å². The van der Waals surface area contributed by atoms with Crippen LogP contribution in [0.25, 0.3) is 0 Å². The van der Waals surface area contributed by atoms with Crippen LogP contribution in [0.15, 0.2) is 0 Å². The van der Waals surface area contributed by atoms with Crippen LogP contribution in [0, 0.1) is 10.8 Å². The van der Waals surface area contributed by atoms with E-state index < -0.39 is 10.8 Å². The van der Waals surface area contributed by atoms with Gasteiger partial charge in [0.25, 0.3) is 0 Å². The van der Waals surface area contributed by atoms with E-state index in [9.17, 15) is 9.59 Å². The van der Waals surface area contributed by atoms with Crippen molar-refractivity contribution in [3.05, 3.63) is 0 Å². The molecule has 3 nitrogen and oxygen atoms in total. The zero-order valence-electron chi connectivity index (χ0n) is 12.1. The van der Waals surface area contributed by atoms with E-state index in [1.54, 1.807) is 14.0 Å². The first-order chi connectivity index (χ1) is 7.66. The second-order valence-corrected chi connectivity index (χ2v) is 5.92. The van der Waals surface area contributed by atoms with Gasteiger partial charge in [0.1, 0.15) is 5.78 Å². The summed E-state index contributed by atoms with van der Waals surface area (Å²) in [6.07, 6.45) is 2.34. The van der Waals surface area contributed by atoms with E-state index in [0.29, 0.717) is 13.0 Å². The highest BCUT2D eigenvalue weighted by Gasteiger charge is 2.42. The molecule has 19 heavy (non-hydrogen) atoms. The molecule has 0 rings (SSSR count). The number of carbonyl (C=O) groups excluding carboxylic acids is 2. The van der Waals surface area contributed by atoms with Gasteiger partial charge >= 0.3 is 0 Å². The topological polar surface area (TPSA) is 43.4 Å². The molecule has 0 saturated carbocycles. The summed E-state index contributed by atoms with van der Waals surface area (Å²) in [4.78, 5) is 24.1. The monoisotopic (exact) mass is 274 g/mol. The molecule has 0 heterocycles. The van der Waals surface area contributed by atoms with Crippen molar-refractivity contribution in [2.75, 3.05) is 13.7 Å². The summed E-state index contributed by atoms with van der Waals surface area (Å²) in [5.74, 6) is 0.00441. The molecule has 0 bridgehead atoms. The standard InChI is InChI=1S/C14H26O3.2CH4/c1-11(15)14(5,9-7-8-10-17-6)12(16)13(2,3)4;;/h7-10H2,1-6H3;2*1H4. The maximum Gasteiger partial charge on any atom is 0.151 e. The van der Waals surface area contributed by atoms with Crippen molar-refractivity contribution in [1.29, 1.82) is 0 Å². The third-order valence-electron chi connectivity index (χ3n) is 3.23. The molecule has 1 atom stereocenters. The number of hydrogen-bond donors (Lipinski definition) is 0. The third kappa shape index (κ3) is 6.86. The minimum atomic E-state index is -0.841. The maximum atomic E-state index is 12.3. The van der Waals surface area contributed by atoms with Crippen LogP contribution < -0.4 is 0 Å². The van der Waals surface area contributed by atoms with E-state index in [2.05, 4.69) is 0 Å². The Kier molecular flexibility index (Phi) is 11.4. The number of methoxy groups -OCH3 is 1. The van der Waals surface area contributed by atoms with E-state index in [-0.39, 0.29) is 26.4 Å². The summed E-state index contributed by atoms with van der Waals surface area (Å²) in [6.45, 7) is 9.57. The van der Waals surface area contributed by atoms with Gasteiger partial charge in [0.15, 0.2) is 5.78 Å². The molecule has 0 aromatic heterocycles. The summed E-state index contributed by atoms with van der Waals surface area (Å²) in [5.41, 5.74) is -1.31. The molecule has 0 radical (unpaired) electrons. The van der Waals surface area contributed by atoms with Gasteiger partial charge in [0.2, 0.25) is 0 Å². The molecule has 1 unspecified atom stereocenters. The molecule has 0 aliphatic rings. The van der Waals surface area contributed by atoms with Crippen LogP contribution in [0.4, 0.5) is 0 Å². The van der Waals surface area contributed by atoms with Crippen molar-refractivity contribution in [3.8, 4) is 0 Å². The lowest BCUT2D eigenvalue weighted by Gasteiger charge is -2.32. The molecular weight excluding hydrogens is 240 g/mol. The molecule has 0 aliphatic heterocycles. The van der Waals surface area contributed by atoms with Gasteiger partial charge in [-0.3, -0.25) is 9.59 Å². The van der Waals surface area contributed by atoms with Gasteiger partial charge in [0, 0.05) is 19.1 Å². The molecule has 0 saturated heterocycles. The zero-order valence-corrected chi connectivity index (χ0v) is 12.1. The lowest BCUT2D eigenvalue weighted by atomic mass is 9.69. The average Bonchev–Trinajstić information content (AvgIpc) is 2.21. The highest BCUT2D eigenvalue weighted by molar-refractivity contribution is 6.07. The SMILES string of the molecule is C.C.COCCCCC(C)(C(C)=O)C(=O)C(C)(C)C. The first kappa shape index (κ1) is 23.4. The molecule has 0 aromatic carbocycles. The Morgan fingerprint density at radius 2 is 1.47 bits per heavy atom. The van der Waals surface area contributed by atoms with Gasteiger partial charge in [-0.2, -0.15) is 0 Å². The third-order valence-corrected chi connectivity index (χ3v) is 3.23. The average molecular weight is 274 g/mol. The van der Waals surface area contributed by atoms with Crippen molar-refractivity contribution in [2.24, 2.45) is 10.8 Å². The lowest BCUT2D eigenvalue weighted by molar-refractivity contribution is -0.144. The number of Topliss-reactive ketones (excluding diaryl/α,β-unsaturated/α-hetero) is 2. The largest absolute Gasteiger partial charge is 0.385 e. The fourth-order valence-corrected chi connectivity index (χ4v) is 2.00. The predicted molar refractivity (Wildman–Crippen MR) is 82.4 cm³/mol. The first-order valence-electron chi connectivity index (χ1n) is 6.21. The van der Waals surface area contributed by atoms with Gasteiger partial charge in [-0.05, 0) is 33.1 Å². The summed E-state index contributed by atoms with van der Waals surface area (Å²) < 4.78 is 4.97. The quantitative estimate of drug-likeness (QED) is 0.514. The molecule has 0 amide bonds. The first-order valence-corrected chi connectivity index (χ1v) is 6.21. The highest BCUT2D eigenvalue weighted by atomic mass is 16.5. The molecular formula is C16H34O3. The van der Waals surface area contributed by atoms with Gasteiger partial charge in [-0.25, -0.2) is 0 Å². The second kappa shape index (κ2) is 9.24. The highest BCUT2D eigenvalue weighted by Crippen LogP contribution is 2.34. The number of ketones is 2. The van der Waals surface area contributed by atoms with E-state index in [4.69, 9.17) is 4.74 Å². The Balaban J connectivity index is -0.00000128. The van der Waals surface area contributed by atoms with Crippen LogP contribution in [-0.4, -0.2) is 25.3 Å². The normalized spacial score (nSPS) is 13.8. The zero-order chi connectivity index (χ0) is 13.7. The summed E-state index contributed by atoms with van der Waals surface area (Å²) in [5, 5.41) is 0. The van der Waals surface area contributed by atoms with Crippen LogP contribution in [0.1, 0.15) is 68.7 Å². The smallest absolute Gasteiger partial charge is 0.151 e. The predicted octanol–water partition coefficient (Wildman–Crippen LogP) is 4.29. The van der Waals surface area contributed by atoms with Crippen molar-refractivity contribution >= 4 is 11.6 Å². The fraction of sp³-hybridized carbons (Fsp3) is 0.875. The minimum Gasteiger partial charge on any atom is -0.385 e. The van der Waals surface area contributed by atoms with Crippen molar-refractivity contribution in [1.82, 2.24) is 0 Å². The van der Waals surface area contributed by atoms with Gasteiger partial charge in [0.05, 0.1) is 5.41 Å². The number of ether oxygens (including phenoxy) is 1. The Bertz CT molecular complexity index is 276. The molecule has 3 heteroatoms. The minimum absolute atomic E-state index is 0. The van der Waals surface area contributed by atoms with Gasteiger partial charge < -0.3 is 4.74 Å². The van der Waals surface area contributed by atoms with Crippen LogP contribution in [0.2, 0.25) is 0 Å². The molecule has 0 aromatic rings. The molecule has 0 fully saturated rings. The Morgan fingerprint density at radius 3 is 1.79 bits per heavy atom. The van der Waals surface area contributed by atoms with E-state index >= 15 is 0 Å². The number of rotatable bonds is 7. The van der Waals surface area contributed by atoms with Crippen LogP contribution in [0.3, 0.4) is 0 Å². The second-order valence-electron chi connectivity index (χ2n) is 5.92. The number of hydrogen-bond acceptors (Lipinski definition) is 3. The van der Waals surface area contributed by atoms with Gasteiger partial charge in [-0.1, -0.05) is 35.6 Å². The fourth-order valence-electron chi connectivity index (χ4n) is 2.00. The number of carbonyl (C=O) groups is 2. The van der Waals surface area contributed by atoms with Gasteiger partial charge in [-0.15, -0.1) is 0 Å². The summed E-state index contributed by atoms with van der Waals surface area (Å²) in [6, 6.07) is 0. The van der Waals surface area contributed by atoms with E-state index in [0.717, 1.165) is 12.8 Å². The van der Waals surface area contributed by atoms with E-state index in [1.165, 1.54) is 6.92 Å². The van der Waals surface area contributed by atoms with Crippen LogP contribution >= 0.6 is 0 Å². The summed E-state index contributed by atoms with van der Waals surface area (Å²) in [7, 11) is 1.66. The number of unbranched alkanes of at least 4 members (excludes halogenated alkanes) is 1. The Hall–Kier alpha value is -0.700. The molecule has 0 N–H and O–H groups in total. The molecule has 0 spiro atoms. The van der Waals surface area contributed by atoms with Crippen molar-refractivity contribution in [2.45, 2.75) is 68.7 Å². The summed E-state index contributed by atoms with van der Waals surface area (Å²) >= 11 is 0. The molecule has 116 valence electrons. The van der Waals surface area contributed by atoms with Crippen LogP contribution in [0.5, 0.6) is 0 Å².